The Morgan fingerprint density at radius 3 is 2.68 bits per heavy atom. The van der Waals surface area contributed by atoms with Crippen molar-refractivity contribution in [1.29, 1.82) is 0 Å². The Morgan fingerprint density at radius 1 is 1.37 bits per heavy atom. The fourth-order valence-electron chi connectivity index (χ4n) is 2.38. The number of thiophene rings is 1. The first-order chi connectivity index (χ1) is 9.04. The Bertz CT molecular complexity index is 475. The highest BCUT2D eigenvalue weighted by Gasteiger charge is 2.33. The fraction of sp³-hybridized carbons (Fsp3) is 0.571. The fourth-order valence-corrected chi connectivity index (χ4v) is 3.37. The molecule has 1 aromatic heterocycles. The molecule has 1 fully saturated rings. The number of hydrogen-bond donors (Lipinski definition) is 0. The second kappa shape index (κ2) is 5.74. The van der Waals surface area contributed by atoms with Crippen LogP contribution in [0, 0.1) is 13.8 Å². The van der Waals surface area contributed by atoms with Crippen LogP contribution in [-0.2, 0) is 9.53 Å². The van der Waals surface area contributed by atoms with Gasteiger partial charge in [0.05, 0.1) is 12.0 Å². The Balaban J connectivity index is 2.22. The molecular weight excluding hydrogens is 262 g/mol. The van der Waals surface area contributed by atoms with E-state index in [4.69, 9.17) is 4.74 Å². The van der Waals surface area contributed by atoms with Gasteiger partial charge in [0.1, 0.15) is 6.04 Å². The highest BCUT2D eigenvalue weighted by Crippen LogP contribution is 2.26. The summed E-state index contributed by atoms with van der Waals surface area (Å²) in [7, 11) is 1.37. The van der Waals surface area contributed by atoms with Crippen LogP contribution in [0.25, 0.3) is 0 Å². The van der Waals surface area contributed by atoms with E-state index >= 15 is 0 Å². The number of likely N-dealkylation sites (tertiary alicyclic amines) is 1. The normalized spacial score (nSPS) is 19.3. The molecule has 1 aliphatic heterocycles. The van der Waals surface area contributed by atoms with Gasteiger partial charge in [-0.25, -0.2) is 4.79 Å². The zero-order chi connectivity index (χ0) is 14.0. The quantitative estimate of drug-likeness (QED) is 0.783. The second-order valence-corrected chi connectivity index (χ2v) is 6.14. The van der Waals surface area contributed by atoms with E-state index in [1.54, 1.807) is 4.90 Å². The molecule has 0 saturated carbocycles. The Labute approximate surface area is 117 Å². The van der Waals surface area contributed by atoms with Gasteiger partial charge in [0.15, 0.2) is 0 Å². The van der Waals surface area contributed by atoms with E-state index in [0.717, 1.165) is 23.3 Å². The van der Waals surface area contributed by atoms with Crippen molar-refractivity contribution >= 4 is 23.2 Å². The highest BCUT2D eigenvalue weighted by atomic mass is 32.1. The maximum Gasteiger partial charge on any atom is 0.328 e. The summed E-state index contributed by atoms with van der Waals surface area (Å²) < 4.78 is 4.81. The van der Waals surface area contributed by atoms with Gasteiger partial charge in [0, 0.05) is 11.4 Å². The van der Waals surface area contributed by atoms with Gasteiger partial charge in [-0.05, 0) is 44.7 Å². The van der Waals surface area contributed by atoms with Crippen LogP contribution in [0.3, 0.4) is 0 Å². The molecule has 0 bridgehead atoms. The summed E-state index contributed by atoms with van der Waals surface area (Å²) >= 11 is 1.49. The number of amides is 1. The van der Waals surface area contributed by atoms with Gasteiger partial charge < -0.3 is 9.64 Å². The van der Waals surface area contributed by atoms with Crippen LogP contribution >= 0.6 is 11.3 Å². The molecule has 4 nitrogen and oxygen atoms in total. The zero-order valence-electron chi connectivity index (χ0n) is 11.6. The minimum absolute atomic E-state index is 0.0451. The van der Waals surface area contributed by atoms with Crippen molar-refractivity contribution < 1.29 is 14.3 Å². The lowest BCUT2D eigenvalue weighted by molar-refractivity contribution is -0.147. The van der Waals surface area contributed by atoms with Gasteiger partial charge in [-0.3, -0.25) is 4.79 Å². The molecule has 1 saturated heterocycles. The van der Waals surface area contributed by atoms with Crippen molar-refractivity contribution in [2.75, 3.05) is 13.7 Å². The van der Waals surface area contributed by atoms with Crippen molar-refractivity contribution in [3.8, 4) is 0 Å². The molecule has 0 spiro atoms. The number of carbonyl (C=O) groups excluding carboxylic acids is 2. The lowest BCUT2D eigenvalue weighted by atomic mass is 10.0. The minimum atomic E-state index is -0.422. The van der Waals surface area contributed by atoms with Crippen LogP contribution in [0.5, 0.6) is 0 Å². The number of piperidine rings is 1. The number of methoxy groups -OCH3 is 1. The molecular formula is C14H19NO3S. The van der Waals surface area contributed by atoms with Gasteiger partial charge in [-0.1, -0.05) is 0 Å². The van der Waals surface area contributed by atoms with Crippen LogP contribution in [0.15, 0.2) is 6.07 Å². The summed E-state index contributed by atoms with van der Waals surface area (Å²) in [6.45, 7) is 4.63. The van der Waals surface area contributed by atoms with E-state index in [-0.39, 0.29) is 11.9 Å². The number of rotatable bonds is 2. The number of ether oxygens (including phenoxy) is 1. The lowest BCUT2D eigenvalue weighted by Crippen LogP contribution is -2.48. The summed E-state index contributed by atoms with van der Waals surface area (Å²) in [4.78, 5) is 27.8. The first kappa shape index (κ1) is 14.1. The molecule has 0 radical (unpaired) electrons. The summed E-state index contributed by atoms with van der Waals surface area (Å²) in [5.41, 5.74) is 1.12. The van der Waals surface area contributed by atoms with Crippen LogP contribution in [0.2, 0.25) is 0 Å². The summed E-state index contributed by atoms with van der Waals surface area (Å²) in [6.07, 6.45) is 2.61. The Kier molecular flexibility index (Phi) is 4.24. The van der Waals surface area contributed by atoms with Gasteiger partial charge in [-0.2, -0.15) is 0 Å². The molecule has 104 valence electrons. The monoisotopic (exact) mass is 281 g/mol. The molecule has 0 aromatic carbocycles. The molecule has 19 heavy (non-hydrogen) atoms. The number of aryl methyl sites for hydroxylation is 2. The molecule has 1 aromatic rings. The molecule has 0 N–H and O–H groups in total. The van der Waals surface area contributed by atoms with E-state index in [2.05, 4.69) is 0 Å². The van der Waals surface area contributed by atoms with E-state index in [1.165, 1.54) is 18.4 Å². The molecule has 1 aliphatic rings. The predicted molar refractivity (Wildman–Crippen MR) is 74.5 cm³/mol. The van der Waals surface area contributed by atoms with Crippen molar-refractivity contribution in [3.63, 3.8) is 0 Å². The third kappa shape index (κ3) is 2.81. The Morgan fingerprint density at radius 2 is 2.11 bits per heavy atom. The highest BCUT2D eigenvalue weighted by molar-refractivity contribution is 7.14. The maximum absolute atomic E-state index is 12.5. The van der Waals surface area contributed by atoms with Crippen LogP contribution in [0.4, 0.5) is 0 Å². The number of esters is 1. The maximum atomic E-state index is 12.5. The van der Waals surface area contributed by atoms with Crippen LogP contribution in [-0.4, -0.2) is 36.5 Å². The van der Waals surface area contributed by atoms with E-state index in [9.17, 15) is 9.59 Å². The average molecular weight is 281 g/mol. The molecule has 2 heterocycles. The van der Waals surface area contributed by atoms with E-state index in [1.807, 2.05) is 19.9 Å². The van der Waals surface area contributed by atoms with Crippen molar-refractivity contribution in [3.05, 3.63) is 21.4 Å². The van der Waals surface area contributed by atoms with Crippen molar-refractivity contribution in [2.24, 2.45) is 0 Å². The molecule has 1 amide bonds. The largest absolute Gasteiger partial charge is 0.467 e. The summed E-state index contributed by atoms with van der Waals surface area (Å²) in [6, 6.07) is 1.49. The molecule has 0 aliphatic carbocycles. The topological polar surface area (TPSA) is 46.6 Å². The van der Waals surface area contributed by atoms with Crippen molar-refractivity contribution in [1.82, 2.24) is 4.90 Å². The molecule has 2 rings (SSSR count). The lowest BCUT2D eigenvalue weighted by Gasteiger charge is -2.33. The summed E-state index contributed by atoms with van der Waals surface area (Å²) in [5.74, 6) is -0.352. The molecule has 1 atom stereocenters. The smallest absolute Gasteiger partial charge is 0.328 e. The Hall–Kier alpha value is -1.36. The van der Waals surface area contributed by atoms with Crippen molar-refractivity contribution in [2.45, 2.75) is 39.2 Å². The second-order valence-electron chi connectivity index (χ2n) is 4.88. The molecule has 5 heteroatoms. The van der Waals surface area contributed by atoms with E-state index < -0.39 is 6.04 Å². The number of hydrogen-bond acceptors (Lipinski definition) is 4. The first-order valence-corrected chi connectivity index (χ1v) is 7.32. The first-order valence-electron chi connectivity index (χ1n) is 6.50. The number of nitrogens with zero attached hydrogens (tertiary/aromatic N) is 1. The predicted octanol–water partition coefficient (Wildman–Crippen LogP) is 2.53. The summed E-state index contributed by atoms with van der Waals surface area (Å²) in [5, 5.41) is 0. The third-order valence-electron chi connectivity index (χ3n) is 3.61. The van der Waals surface area contributed by atoms with Gasteiger partial charge in [0.25, 0.3) is 5.91 Å². The van der Waals surface area contributed by atoms with Gasteiger partial charge >= 0.3 is 5.97 Å². The van der Waals surface area contributed by atoms with Crippen LogP contribution < -0.4 is 0 Å². The van der Waals surface area contributed by atoms with Gasteiger partial charge in [-0.15, -0.1) is 11.3 Å². The van der Waals surface area contributed by atoms with Crippen LogP contribution in [0.1, 0.15) is 39.4 Å². The zero-order valence-corrected chi connectivity index (χ0v) is 12.4. The standard InChI is InChI=1S/C14H19NO3S/c1-9-8-12(19-10(9)2)13(16)15-7-5-4-6-11(15)14(17)18-3/h8,11H,4-7H2,1-3H3/t11-/m1/s1. The third-order valence-corrected chi connectivity index (χ3v) is 4.75. The SMILES string of the molecule is COC(=O)[C@H]1CCCCN1C(=O)c1cc(C)c(C)s1. The molecule has 0 unspecified atom stereocenters. The number of carbonyl (C=O) groups is 2. The minimum Gasteiger partial charge on any atom is -0.467 e. The van der Waals surface area contributed by atoms with E-state index in [0.29, 0.717) is 17.8 Å². The average Bonchev–Trinajstić information content (AvgIpc) is 2.77. The van der Waals surface area contributed by atoms with Gasteiger partial charge in [0.2, 0.25) is 0 Å².